The zero-order chi connectivity index (χ0) is 13.7. The quantitative estimate of drug-likeness (QED) is 0.622. The molecular formula is C14H25N3OS. The van der Waals surface area contributed by atoms with Gasteiger partial charge in [-0.05, 0) is 25.7 Å². The molecule has 2 atom stereocenters. The van der Waals surface area contributed by atoms with E-state index in [4.69, 9.17) is 10.6 Å². The summed E-state index contributed by atoms with van der Waals surface area (Å²) in [5.74, 6) is 6.38. The summed E-state index contributed by atoms with van der Waals surface area (Å²) in [7, 11) is 1.80. The van der Waals surface area contributed by atoms with Gasteiger partial charge in [-0.3, -0.25) is 11.3 Å². The second-order valence-corrected chi connectivity index (χ2v) is 6.40. The highest BCUT2D eigenvalue weighted by atomic mass is 32.1. The minimum absolute atomic E-state index is 0.152. The van der Waals surface area contributed by atoms with Crippen molar-refractivity contribution >= 4 is 11.3 Å². The lowest BCUT2D eigenvalue weighted by Gasteiger charge is -2.34. The number of nitrogens with one attached hydrogen (secondary N) is 1. The third-order valence-corrected chi connectivity index (χ3v) is 5.05. The summed E-state index contributed by atoms with van der Waals surface area (Å²) in [6.45, 7) is 2.03. The van der Waals surface area contributed by atoms with Gasteiger partial charge in [0, 0.05) is 24.6 Å². The number of hydrogen-bond donors (Lipinski definition) is 2. The van der Waals surface area contributed by atoms with Gasteiger partial charge in [0.1, 0.15) is 0 Å². The minimum Gasteiger partial charge on any atom is -0.379 e. The van der Waals surface area contributed by atoms with Crippen molar-refractivity contribution in [2.75, 3.05) is 7.11 Å². The van der Waals surface area contributed by atoms with Crippen LogP contribution in [0.4, 0.5) is 0 Å². The molecule has 0 amide bonds. The Morgan fingerprint density at radius 1 is 1.47 bits per heavy atom. The summed E-state index contributed by atoms with van der Waals surface area (Å²) in [6.07, 6.45) is 7.55. The van der Waals surface area contributed by atoms with Crippen molar-refractivity contribution in [3.05, 3.63) is 16.1 Å². The van der Waals surface area contributed by atoms with Crippen LogP contribution in [0.25, 0.3) is 0 Å². The van der Waals surface area contributed by atoms with Gasteiger partial charge in [0.2, 0.25) is 0 Å². The first-order chi connectivity index (χ1) is 9.24. The molecule has 1 aliphatic rings. The van der Waals surface area contributed by atoms with Crippen LogP contribution in [-0.2, 0) is 11.2 Å². The summed E-state index contributed by atoms with van der Waals surface area (Å²) in [6, 6.07) is 0.152. The van der Waals surface area contributed by atoms with Crippen LogP contribution < -0.4 is 11.3 Å². The maximum absolute atomic E-state index is 5.76. The molecule has 1 aliphatic carbocycles. The van der Waals surface area contributed by atoms with Gasteiger partial charge in [0.25, 0.3) is 0 Å². The number of nitrogens with zero attached hydrogens (tertiary/aromatic N) is 1. The van der Waals surface area contributed by atoms with E-state index in [0.717, 1.165) is 17.1 Å². The van der Waals surface area contributed by atoms with Crippen LogP contribution in [0.1, 0.15) is 42.8 Å². The maximum Gasteiger partial charge on any atom is 0.0945 e. The number of nitrogens with two attached hydrogens (primary N) is 1. The number of methoxy groups -OCH3 is 1. The number of rotatable bonds is 6. The Balaban J connectivity index is 2.00. The Bertz CT molecular complexity index is 377. The Labute approximate surface area is 119 Å². The average Bonchev–Trinajstić information content (AvgIpc) is 2.85. The van der Waals surface area contributed by atoms with Gasteiger partial charge in [-0.25, -0.2) is 4.98 Å². The predicted molar refractivity (Wildman–Crippen MR) is 79.0 cm³/mol. The lowest BCUT2D eigenvalue weighted by atomic mass is 9.82. The molecule has 0 saturated heterocycles. The zero-order valence-electron chi connectivity index (χ0n) is 11.9. The molecule has 1 heterocycles. The third kappa shape index (κ3) is 3.99. The van der Waals surface area contributed by atoms with Crippen LogP contribution in [0.2, 0.25) is 0 Å². The van der Waals surface area contributed by atoms with Gasteiger partial charge in [-0.2, -0.15) is 0 Å². The van der Waals surface area contributed by atoms with Gasteiger partial charge >= 0.3 is 0 Å². The standard InChI is InChI=1S/C14H25N3OS/c1-10-9-19-13(16-10)8-12(17-15)14(18-2)11-6-4-3-5-7-11/h9,11-12,14,17H,3-8,15H2,1-2H3. The fraction of sp³-hybridized carbons (Fsp3) is 0.786. The van der Waals surface area contributed by atoms with Crippen LogP contribution >= 0.6 is 11.3 Å². The van der Waals surface area contributed by atoms with Gasteiger partial charge < -0.3 is 4.74 Å². The Morgan fingerprint density at radius 3 is 2.74 bits per heavy atom. The zero-order valence-corrected chi connectivity index (χ0v) is 12.7. The fourth-order valence-corrected chi connectivity index (χ4v) is 3.93. The van der Waals surface area contributed by atoms with Gasteiger partial charge in [-0.15, -0.1) is 11.3 Å². The number of thiazole rings is 1. The summed E-state index contributed by atoms with van der Waals surface area (Å²) in [4.78, 5) is 4.53. The molecule has 0 radical (unpaired) electrons. The lowest BCUT2D eigenvalue weighted by Crippen LogP contribution is -2.49. The van der Waals surface area contributed by atoms with Crippen LogP contribution in [0.3, 0.4) is 0 Å². The Kier molecular flexibility index (Phi) is 5.76. The molecule has 0 aromatic carbocycles. The molecular weight excluding hydrogens is 258 g/mol. The van der Waals surface area contributed by atoms with E-state index in [-0.39, 0.29) is 12.1 Å². The molecule has 4 nitrogen and oxygen atoms in total. The van der Waals surface area contributed by atoms with Gasteiger partial charge in [0.05, 0.1) is 17.2 Å². The first kappa shape index (κ1) is 14.9. The lowest BCUT2D eigenvalue weighted by molar-refractivity contribution is 0.00826. The summed E-state index contributed by atoms with van der Waals surface area (Å²) >= 11 is 1.71. The van der Waals surface area contributed by atoms with Crippen molar-refractivity contribution in [1.29, 1.82) is 0 Å². The van der Waals surface area contributed by atoms with Gasteiger partial charge in [0.15, 0.2) is 0 Å². The smallest absolute Gasteiger partial charge is 0.0945 e. The number of hydrazine groups is 1. The molecule has 1 aromatic rings. The minimum atomic E-state index is 0.152. The molecule has 0 aliphatic heterocycles. The predicted octanol–water partition coefficient (Wildman–Crippen LogP) is 2.42. The summed E-state index contributed by atoms with van der Waals surface area (Å²) in [5, 5.41) is 3.23. The van der Waals surface area contributed by atoms with Crippen molar-refractivity contribution in [1.82, 2.24) is 10.4 Å². The topological polar surface area (TPSA) is 60.2 Å². The molecule has 2 unspecified atom stereocenters. The van der Waals surface area contributed by atoms with Crippen LogP contribution in [0, 0.1) is 12.8 Å². The molecule has 0 spiro atoms. The van der Waals surface area contributed by atoms with Crippen LogP contribution in [-0.4, -0.2) is 24.2 Å². The van der Waals surface area contributed by atoms with E-state index in [1.54, 1.807) is 18.4 Å². The number of aromatic nitrogens is 1. The van der Waals surface area contributed by atoms with Crippen molar-refractivity contribution in [2.24, 2.45) is 11.8 Å². The molecule has 19 heavy (non-hydrogen) atoms. The fourth-order valence-electron chi connectivity index (χ4n) is 3.10. The van der Waals surface area contributed by atoms with E-state index < -0.39 is 0 Å². The average molecular weight is 283 g/mol. The largest absolute Gasteiger partial charge is 0.379 e. The molecule has 2 rings (SSSR count). The highest BCUT2D eigenvalue weighted by Gasteiger charge is 2.30. The maximum atomic E-state index is 5.76. The van der Waals surface area contributed by atoms with Crippen molar-refractivity contribution < 1.29 is 4.74 Å². The molecule has 1 saturated carbocycles. The van der Waals surface area contributed by atoms with Gasteiger partial charge in [-0.1, -0.05) is 19.3 Å². The van der Waals surface area contributed by atoms with E-state index in [2.05, 4.69) is 15.8 Å². The van der Waals surface area contributed by atoms with Crippen molar-refractivity contribution in [2.45, 2.75) is 57.6 Å². The van der Waals surface area contributed by atoms with E-state index in [1.807, 2.05) is 6.92 Å². The second-order valence-electron chi connectivity index (χ2n) is 5.46. The molecule has 0 bridgehead atoms. The molecule has 5 heteroatoms. The first-order valence-corrected chi connectivity index (χ1v) is 8.02. The molecule has 108 valence electrons. The molecule has 1 aromatic heterocycles. The van der Waals surface area contributed by atoms with E-state index in [0.29, 0.717) is 5.92 Å². The third-order valence-electron chi connectivity index (χ3n) is 4.06. The monoisotopic (exact) mass is 283 g/mol. The summed E-state index contributed by atoms with van der Waals surface area (Å²) < 4.78 is 5.76. The normalized spacial score (nSPS) is 20.4. The first-order valence-electron chi connectivity index (χ1n) is 7.14. The van der Waals surface area contributed by atoms with Crippen LogP contribution in [0.5, 0.6) is 0 Å². The second kappa shape index (κ2) is 7.33. The molecule has 1 fully saturated rings. The van der Waals surface area contributed by atoms with E-state index >= 15 is 0 Å². The Morgan fingerprint density at radius 2 is 2.21 bits per heavy atom. The number of ether oxygens (including phenoxy) is 1. The van der Waals surface area contributed by atoms with Crippen LogP contribution in [0.15, 0.2) is 5.38 Å². The van der Waals surface area contributed by atoms with E-state index in [9.17, 15) is 0 Å². The SMILES string of the molecule is COC(C1CCCCC1)C(Cc1nc(C)cs1)NN. The van der Waals surface area contributed by atoms with E-state index in [1.165, 1.54) is 32.1 Å². The van der Waals surface area contributed by atoms with Crippen molar-refractivity contribution in [3.63, 3.8) is 0 Å². The highest BCUT2D eigenvalue weighted by molar-refractivity contribution is 7.09. The summed E-state index contributed by atoms with van der Waals surface area (Å²) in [5.41, 5.74) is 4.04. The molecule has 3 N–H and O–H groups in total. The number of aryl methyl sites for hydroxylation is 1. The van der Waals surface area contributed by atoms with Crippen molar-refractivity contribution in [3.8, 4) is 0 Å². The Hall–Kier alpha value is -0.490. The number of hydrogen-bond acceptors (Lipinski definition) is 5. The highest BCUT2D eigenvalue weighted by Crippen LogP contribution is 2.30.